The monoisotopic (exact) mass is 399 g/mol. The summed E-state index contributed by atoms with van der Waals surface area (Å²) >= 11 is 2.21. The van der Waals surface area contributed by atoms with Crippen LogP contribution in [-0.4, -0.2) is 37.5 Å². The summed E-state index contributed by atoms with van der Waals surface area (Å²) in [5.41, 5.74) is 1.91. The van der Waals surface area contributed by atoms with Gasteiger partial charge in [-0.25, -0.2) is 0 Å². The molecule has 0 aliphatic carbocycles. The van der Waals surface area contributed by atoms with Crippen molar-refractivity contribution in [3.63, 3.8) is 0 Å². The maximum Gasteiger partial charge on any atom is 0.111 e. The molecule has 0 saturated heterocycles. The van der Waals surface area contributed by atoms with Gasteiger partial charge < -0.3 is 0 Å². The summed E-state index contributed by atoms with van der Waals surface area (Å²) in [6.45, 7) is 0. The molecule has 108 valence electrons. The van der Waals surface area contributed by atoms with Gasteiger partial charge in [0.05, 0.1) is 32.6 Å². The Morgan fingerprint density at radius 3 is 2.67 bits per heavy atom. The second-order valence-electron chi connectivity index (χ2n) is 3.76. The van der Waals surface area contributed by atoms with E-state index in [4.69, 9.17) is 1.37 Å². The summed E-state index contributed by atoms with van der Waals surface area (Å²) in [5.74, 6) is 0. The van der Waals surface area contributed by atoms with E-state index in [0.29, 0.717) is 0 Å². The van der Waals surface area contributed by atoms with E-state index in [9.17, 15) is 4.39 Å². The number of rotatable bonds is 0. The first-order chi connectivity index (χ1) is 10.8. The van der Waals surface area contributed by atoms with Crippen molar-refractivity contribution in [2.24, 2.45) is 0 Å². The third-order valence-corrected chi connectivity index (χ3v) is 3.38. The molecule has 8 heteroatoms. The Bertz CT molecular complexity index is 803. The number of halogens is 2. The summed E-state index contributed by atoms with van der Waals surface area (Å²) in [4.78, 5) is 7.85. The molecular formula is C13H12FIN6. The van der Waals surface area contributed by atoms with Crippen LogP contribution in [0.15, 0.2) is 43.1 Å². The van der Waals surface area contributed by atoms with Gasteiger partial charge in [-0.2, -0.15) is 10.2 Å². The first kappa shape index (κ1) is 13.9. The molecule has 4 heterocycles. The van der Waals surface area contributed by atoms with Gasteiger partial charge in [0, 0.05) is 23.2 Å². The molecule has 0 amide bonds. The number of aromatic nitrogens is 6. The average molecular weight is 399 g/mol. The fourth-order valence-electron chi connectivity index (χ4n) is 1.61. The third kappa shape index (κ3) is 3.72. The lowest BCUT2D eigenvalue weighted by Crippen LogP contribution is -1.69. The van der Waals surface area contributed by atoms with Gasteiger partial charge in [0.2, 0.25) is 0 Å². The Kier molecular flexibility index (Phi) is 5.03. The molecule has 0 aromatic carbocycles. The SMILES string of the molecule is Ic1[nH]nc2cnccc12.[2H]CF.c1cc2cn[nH]c2cn1. The van der Waals surface area contributed by atoms with Gasteiger partial charge in [0.25, 0.3) is 0 Å². The van der Waals surface area contributed by atoms with Crippen LogP contribution >= 0.6 is 22.6 Å². The lowest BCUT2D eigenvalue weighted by atomic mass is 10.3. The highest BCUT2D eigenvalue weighted by molar-refractivity contribution is 14.1. The normalized spacial score (nSPS) is 10.3. The Labute approximate surface area is 134 Å². The summed E-state index contributed by atoms with van der Waals surface area (Å²) in [5, 5.41) is 15.8. The maximum atomic E-state index is 9.96. The molecule has 0 bridgehead atoms. The molecule has 2 N–H and O–H groups in total. The number of fused-ring (bicyclic) bond motifs is 2. The number of hydrogen-bond donors (Lipinski definition) is 2. The minimum atomic E-state index is -1.00. The lowest BCUT2D eigenvalue weighted by molar-refractivity contribution is 0.636. The third-order valence-electron chi connectivity index (χ3n) is 2.55. The van der Waals surface area contributed by atoms with Crippen molar-refractivity contribution >= 4 is 44.4 Å². The summed E-state index contributed by atoms with van der Waals surface area (Å²) in [6, 6.07) is 3.86. The van der Waals surface area contributed by atoms with Crippen LogP contribution in [0.2, 0.25) is 0 Å². The second kappa shape index (κ2) is 7.62. The second-order valence-corrected chi connectivity index (χ2v) is 4.84. The molecule has 0 aliphatic heterocycles. The van der Waals surface area contributed by atoms with E-state index in [-0.39, 0.29) is 0 Å². The zero-order valence-electron chi connectivity index (χ0n) is 11.8. The first-order valence-electron chi connectivity index (χ1n) is 6.49. The summed E-state index contributed by atoms with van der Waals surface area (Å²) in [6.07, 6.45) is 8.78. The number of nitrogens with one attached hydrogen (secondary N) is 2. The van der Waals surface area contributed by atoms with Crippen LogP contribution in [0, 0.1) is 3.70 Å². The van der Waals surface area contributed by atoms with E-state index in [2.05, 4.69) is 53.0 Å². The van der Waals surface area contributed by atoms with Gasteiger partial charge in [-0.05, 0) is 34.7 Å². The molecule has 0 spiro atoms. The molecule has 0 aliphatic rings. The van der Waals surface area contributed by atoms with Gasteiger partial charge in [0.1, 0.15) is 9.22 Å². The van der Waals surface area contributed by atoms with Crippen LogP contribution in [-0.2, 0) is 0 Å². The van der Waals surface area contributed by atoms with Crippen LogP contribution in [0.4, 0.5) is 4.39 Å². The zero-order chi connectivity index (χ0) is 15.8. The molecule has 0 fully saturated rings. The molecule has 4 aromatic rings. The molecule has 0 radical (unpaired) electrons. The number of pyridine rings is 2. The van der Waals surface area contributed by atoms with Crippen molar-refractivity contribution in [2.45, 2.75) is 0 Å². The minimum absolute atomic E-state index is 0.923. The van der Waals surface area contributed by atoms with Crippen LogP contribution < -0.4 is 0 Å². The standard InChI is InChI=1S/C6H4IN3.C6H5N3.CH3F/c7-6-4-1-2-8-3-5(4)9-10-6;1-2-7-4-6-5(1)3-8-9-6;1-2/h1-3H,(H,9,10);1-4H,(H,8,9);1H3/i;;1D. The largest absolute Gasteiger partial charge is 0.276 e. The van der Waals surface area contributed by atoms with Crippen LogP contribution in [0.1, 0.15) is 1.37 Å². The number of aromatic amines is 2. The Morgan fingerprint density at radius 2 is 1.90 bits per heavy atom. The molecule has 21 heavy (non-hydrogen) atoms. The smallest absolute Gasteiger partial charge is 0.111 e. The molecule has 4 rings (SSSR count). The summed E-state index contributed by atoms with van der Waals surface area (Å²) < 4.78 is 16.6. The highest BCUT2D eigenvalue weighted by Crippen LogP contribution is 2.14. The van der Waals surface area contributed by atoms with Crippen molar-refractivity contribution in [1.82, 2.24) is 30.4 Å². The molecule has 6 nitrogen and oxygen atoms in total. The number of alkyl halides is 1. The van der Waals surface area contributed by atoms with Gasteiger partial charge >= 0.3 is 0 Å². The van der Waals surface area contributed by atoms with Crippen molar-refractivity contribution in [3.05, 3.63) is 46.8 Å². The average Bonchev–Trinajstić information content (AvgIpc) is 3.16. The van der Waals surface area contributed by atoms with Gasteiger partial charge in [-0.15, -0.1) is 0 Å². The molecule has 0 unspecified atom stereocenters. The van der Waals surface area contributed by atoms with E-state index >= 15 is 0 Å². The highest BCUT2D eigenvalue weighted by Gasteiger charge is 1.98. The fourth-order valence-corrected chi connectivity index (χ4v) is 2.19. The van der Waals surface area contributed by atoms with E-state index in [0.717, 1.165) is 25.5 Å². The van der Waals surface area contributed by atoms with E-state index in [1.54, 1.807) is 31.0 Å². The van der Waals surface area contributed by atoms with Crippen LogP contribution in [0.3, 0.4) is 0 Å². The van der Waals surface area contributed by atoms with Crippen LogP contribution in [0.5, 0.6) is 0 Å². The van der Waals surface area contributed by atoms with Gasteiger partial charge in [-0.1, -0.05) is 0 Å². The van der Waals surface area contributed by atoms with Crippen molar-refractivity contribution < 1.29 is 5.76 Å². The lowest BCUT2D eigenvalue weighted by Gasteiger charge is -1.82. The predicted octanol–water partition coefficient (Wildman–Crippen LogP) is 3.11. The first-order valence-corrected chi connectivity index (χ1v) is 6.86. The van der Waals surface area contributed by atoms with Gasteiger partial charge in [0.15, 0.2) is 0 Å². The number of H-pyrrole nitrogens is 2. The zero-order valence-corrected chi connectivity index (χ0v) is 13.0. The Hall–Kier alpha value is -2.10. The van der Waals surface area contributed by atoms with E-state index in [1.807, 2.05) is 12.1 Å². The minimum Gasteiger partial charge on any atom is -0.276 e. The number of nitrogens with zero attached hydrogens (tertiary/aromatic N) is 4. The molecule has 4 aromatic heterocycles. The quantitative estimate of drug-likeness (QED) is 0.445. The van der Waals surface area contributed by atoms with Gasteiger partial charge in [-0.3, -0.25) is 24.6 Å². The summed E-state index contributed by atoms with van der Waals surface area (Å²) in [7, 11) is -1.00. The molecular weight excluding hydrogens is 386 g/mol. The Morgan fingerprint density at radius 1 is 1.14 bits per heavy atom. The highest BCUT2D eigenvalue weighted by atomic mass is 127. The maximum absolute atomic E-state index is 9.96. The van der Waals surface area contributed by atoms with Crippen molar-refractivity contribution in [1.29, 1.82) is 0 Å². The van der Waals surface area contributed by atoms with Crippen LogP contribution in [0.25, 0.3) is 21.8 Å². The van der Waals surface area contributed by atoms with E-state index < -0.39 is 7.15 Å². The molecule has 0 atom stereocenters. The van der Waals surface area contributed by atoms with E-state index in [1.165, 1.54) is 0 Å². The predicted molar refractivity (Wildman–Crippen MR) is 87.5 cm³/mol. The molecule has 0 saturated carbocycles. The van der Waals surface area contributed by atoms with Crippen molar-refractivity contribution in [2.75, 3.05) is 7.15 Å². The fraction of sp³-hybridized carbons (Fsp3) is 0.0769. The number of hydrogen-bond acceptors (Lipinski definition) is 4. The van der Waals surface area contributed by atoms with Crippen molar-refractivity contribution in [3.8, 4) is 0 Å². The Balaban J connectivity index is 0.000000137. The topological polar surface area (TPSA) is 83.1 Å².